The number of fused-ring (bicyclic) bond motifs is 2. The largest absolute Gasteiger partial charge is 0.497 e. The van der Waals surface area contributed by atoms with Crippen LogP contribution in [0, 0.1) is 52.4 Å². The average molecular weight is 522 g/mol. The fourth-order valence-corrected chi connectivity index (χ4v) is 4.50. The highest BCUT2D eigenvalue weighted by atomic mass is 19.2. The van der Waals surface area contributed by atoms with Crippen molar-refractivity contribution in [2.45, 2.75) is 0 Å². The molecular weight excluding hydrogens is 511 g/mol. The van der Waals surface area contributed by atoms with Crippen molar-refractivity contribution in [2.24, 2.45) is 0 Å². The van der Waals surface area contributed by atoms with Crippen molar-refractivity contribution in [1.29, 1.82) is 0 Å². The van der Waals surface area contributed by atoms with E-state index in [2.05, 4.69) is 0 Å². The van der Waals surface area contributed by atoms with Crippen molar-refractivity contribution in [3.8, 4) is 28.0 Å². The van der Waals surface area contributed by atoms with E-state index >= 15 is 22.0 Å². The fourth-order valence-electron chi connectivity index (χ4n) is 4.50. The SMILES string of the molecule is COc1cc(F)c(-c2c3cccc(F)c3c(-c3c(F)c(F)cc(F)c3F)c3c(F)ccc(F)c23)c(F)c1. The van der Waals surface area contributed by atoms with Gasteiger partial charge in [0.05, 0.1) is 18.2 Å². The first-order valence-electron chi connectivity index (χ1n) is 10.4. The summed E-state index contributed by atoms with van der Waals surface area (Å²) in [6.07, 6.45) is 0. The summed E-state index contributed by atoms with van der Waals surface area (Å²) in [5.74, 6) is -14.7. The predicted molar refractivity (Wildman–Crippen MR) is 119 cm³/mol. The van der Waals surface area contributed by atoms with E-state index in [4.69, 9.17) is 4.74 Å². The van der Waals surface area contributed by atoms with Crippen LogP contribution in [0.4, 0.5) is 39.5 Å². The van der Waals surface area contributed by atoms with Crippen LogP contribution < -0.4 is 4.74 Å². The van der Waals surface area contributed by atoms with E-state index in [1.807, 2.05) is 0 Å². The van der Waals surface area contributed by atoms with Crippen LogP contribution in [0.25, 0.3) is 43.8 Å². The third kappa shape index (κ3) is 3.58. The number of methoxy groups -OCH3 is 1. The van der Waals surface area contributed by atoms with Gasteiger partial charge in [-0.1, -0.05) is 12.1 Å². The second-order valence-electron chi connectivity index (χ2n) is 8.00. The maximum Gasteiger partial charge on any atom is 0.169 e. The molecule has 0 aliphatic rings. The van der Waals surface area contributed by atoms with E-state index in [1.165, 1.54) is 0 Å². The number of hydrogen-bond acceptors (Lipinski definition) is 1. The first-order chi connectivity index (χ1) is 17.6. The molecule has 0 bridgehead atoms. The Hall–Kier alpha value is -4.21. The summed E-state index contributed by atoms with van der Waals surface area (Å²) in [5, 5.41) is -3.32. The molecule has 5 aromatic carbocycles. The van der Waals surface area contributed by atoms with Crippen LogP contribution in [0.2, 0.25) is 0 Å². The van der Waals surface area contributed by atoms with Crippen molar-refractivity contribution in [3.63, 3.8) is 0 Å². The van der Waals surface area contributed by atoms with Crippen LogP contribution in [0.1, 0.15) is 0 Å². The Morgan fingerprint density at radius 1 is 0.459 bits per heavy atom. The minimum absolute atomic E-state index is 0.109. The van der Waals surface area contributed by atoms with Crippen molar-refractivity contribution in [2.75, 3.05) is 7.11 Å². The van der Waals surface area contributed by atoms with Crippen LogP contribution in [0.3, 0.4) is 0 Å². The second kappa shape index (κ2) is 8.72. The van der Waals surface area contributed by atoms with Crippen molar-refractivity contribution in [1.82, 2.24) is 0 Å². The summed E-state index contributed by atoms with van der Waals surface area (Å²) in [6.45, 7) is 0. The standard InChI is InChI=1S/C27H11F9O/c1-37-10-7-15(31)21(16(32)8-10)20-11-3-2-4-12(28)19(11)24(23-14(30)6-5-13(29)22(20)23)25-26(35)17(33)9-18(34)27(25)36/h2-9H,1H3. The highest BCUT2D eigenvalue weighted by Gasteiger charge is 2.31. The third-order valence-corrected chi connectivity index (χ3v) is 6.00. The molecule has 0 aromatic heterocycles. The Kier molecular flexibility index (Phi) is 5.77. The van der Waals surface area contributed by atoms with Gasteiger partial charge in [0.15, 0.2) is 23.3 Å². The number of ether oxygens (including phenoxy) is 1. The van der Waals surface area contributed by atoms with Crippen LogP contribution in [-0.2, 0) is 0 Å². The van der Waals surface area contributed by atoms with Crippen molar-refractivity contribution < 1.29 is 44.3 Å². The third-order valence-electron chi connectivity index (χ3n) is 6.00. The zero-order valence-corrected chi connectivity index (χ0v) is 18.4. The first-order valence-corrected chi connectivity index (χ1v) is 10.4. The Labute approximate surface area is 202 Å². The number of hydrogen-bond donors (Lipinski definition) is 0. The molecule has 188 valence electrons. The maximum absolute atomic E-state index is 15.3. The lowest BCUT2D eigenvalue weighted by Gasteiger charge is -2.20. The van der Waals surface area contributed by atoms with Gasteiger partial charge < -0.3 is 4.74 Å². The highest BCUT2D eigenvalue weighted by Crippen LogP contribution is 2.49. The normalized spacial score (nSPS) is 11.5. The first kappa shape index (κ1) is 24.5. The molecule has 0 saturated heterocycles. The second-order valence-corrected chi connectivity index (χ2v) is 8.00. The van der Waals surface area contributed by atoms with E-state index in [-0.39, 0.29) is 11.8 Å². The van der Waals surface area contributed by atoms with Crippen molar-refractivity contribution >= 4 is 21.5 Å². The van der Waals surface area contributed by atoms with E-state index in [1.54, 1.807) is 0 Å². The molecule has 0 unspecified atom stereocenters. The molecule has 0 amide bonds. The zero-order valence-electron chi connectivity index (χ0n) is 18.4. The van der Waals surface area contributed by atoms with Gasteiger partial charge in [0.2, 0.25) is 0 Å². The smallest absolute Gasteiger partial charge is 0.169 e. The van der Waals surface area contributed by atoms with Gasteiger partial charge in [0.1, 0.15) is 34.8 Å². The van der Waals surface area contributed by atoms with E-state index in [9.17, 15) is 17.6 Å². The molecule has 5 rings (SSSR count). The maximum atomic E-state index is 15.3. The van der Waals surface area contributed by atoms with Crippen LogP contribution >= 0.6 is 0 Å². The molecular formula is C27H11F9O. The number of rotatable bonds is 3. The van der Waals surface area contributed by atoms with Crippen LogP contribution in [0.5, 0.6) is 5.75 Å². The Morgan fingerprint density at radius 3 is 1.51 bits per heavy atom. The molecule has 0 fully saturated rings. The predicted octanol–water partition coefficient (Wildman–Crippen LogP) is 8.59. The molecule has 0 aliphatic carbocycles. The lowest BCUT2D eigenvalue weighted by atomic mass is 9.84. The van der Waals surface area contributed by atoms with Gasteiger partial charge in [-0.15, -0.1) is 0 Å². The molecule has 0 atom stereocenters. The zero-order chi connectivity index (χ0) is 26.8. The van der Waals surface area contributed by atoms with Crippen molar-refractivity contribution in [3.05, 3.63) is 101 Å². The van der Waals surface area contributed by atoms with Crippen LogP contribution in [-0.4, -0.2) is 7.11 Å². The summed E-state index contributed by atoms with van der Waals surface area (Å²) < 4.78 is 139. The van der Waals surface area contributed by atoms with Gasteiger partial charge in [-0.3, -0.25) is 0 Å². The number of halogens is 9. The summed E-state index contributed by atoms with van der Waals surface area (Å²) in [4.78, 5) is 0. The Morgan fingerprint density at radius 2 is 0.973 bits per heavy atom. The molecule has 0 heterocycles. The quantitative estimate of drug-likeness (QED) is 0.131. The van der Waals surface area contributed by atoms with Gasteiger partial charge in [0.25, 0.3) is 0 Å². The summed E-state index contributed by atoms with van der Waals surface area (Å²) in [6, 6.07) is 5.32. The average Bonchev–Trinajstić information content (AvgIpc) is 2.85. The molecule has 10 heteroatoms. The Bertz CT molecular complexity index is 1710. The summed E-state index contributed by atoms with van der Waals surface area (Å²) in [7, 11) is 1.12. The highest BCUT2D eigenvalue weighted by molar-refractivity contribution is 6.22. The lowest BCUT2D eigenvalue weighted by Crippen LogP contribution is -2.04. The van der Waals surface area contributed by atoms with Gasteiger partial charge >= 0.3 is 0 Å². The summed E-state index contributed by atoms with van der Waals surface area (Å²) >= 11 is 0. The van der Waals surface area contributed by atoms with Gasteiger partial charge in [-0.2, -0.15) is 0 Å². The Balaban J connectivity index is 2.15. The molecule has 1 nitrogen and oxygen atoms in total. The number of benzene rings is 5. The van der Waals surface area contributed by atoms with E-state index < -0.39 is 96.2 Å². The molecule has 37 heavy (non-hydrogen) atoms. The monoisotopic (exact) mass is 522 g/mol. The molecule has 0 aliphatic heterocycles. The fraction of sp³-hybridized carbons (Fsp3) is 0.0370. The molecule has 5 aromatic rings. The van der Waals surface area contributed by atoms with Gasteiger partial charge in [-0.25, -0.2) is 39.5 Å². The van der Waals surface area contributed by atoms with Crippen LogP contribution in [0.15, 0.2) is 48.5 Å². The topological polar surface area (TPSA) is 9.23 Å². The minimum atomic E-state index is -2.01. The lowest BCUT2D eigenvalue weighted by molar-refractivity contribution is 0.407. The van der Waals surface area contributed by atoms with E-state index in [0.29, 0.717) is 12.1 Å². The minimum Gasteiger partial charge on any atom is -0.497 e. The van der Waals surface area contributed by atoms with Gasteiger partial charge in [-0.05, 0) is 23.6 Å². The van der Waals surface area contributed by atoms with E-state index in [0.717, 1.165) is 37.4 Å². The molecule has 0 spiro atoms. The molecule has 0 N–H and O–H groups in total. The molecule has 0 saturated carbocycles. The molecule has 0 radical (unpaired) electrons. The summed E-state index contributed by atoms with van der Waals surface area (Å²) in [5.41, 5.74) is -4.22. The van der Waals surface area contributed by atoms with Gasteiger partial charge in [0, 0.05) is 45.5 Å².